The lowest BCUT2D eigenvalue weighted by Gasteiger charge is -2.07. The number of aromatic nitrogens is 3. The van der Waals surface area contributed by atoms with Crippen LogP contribution in [0.2, 0.25) is 0 Å². The van der Waals surface area contributed by atoms with E-state index in [0.29, 0.717) is 11.6 Å². The third kappa shape index (κ3) is 2.87. The highest BCUT2D eigenvalue weighted by molar-refractivity contribution is 5.79. The second-order valence-corrected chi connectivity index (χ2v) is 5.07. The number of nitrogens with zero attached hydrogens (tertiary/aromatic N) is 3. The molecule has 2 aromatic carbocycles. The zero-order valence-electron chi connectivity index (χ0n) is 12.3. The lowest BCUT2D eigenvalue weighted by molar-refractivity contribution is 0.462. The van der Waals surface area contributed by atoms with Crippen LogP contribution in [0.1, 0.15) is 0 Å². The minimum Gasteiger partial charge on any atom is -0.439 e. The third-order valence-corrected chi connectivity index (χ3v) is 3.51. The van der Waals surface area contributed by atoms with Crippen LogP contribution in [0.3, 0.4) is 0 Å². The van der Waals surface area contributed by atoms with E-state index in [2.05, 4.69) is 15.0 Å². The third-order valence-electron chi connectivity index (χ3n) is 3.51. The van der Waals surface area contributed by atoms with Crippen molar-refractivity contribution in [1.82, 2.24) is 15.0 Å². The van der Waals surface area contributed by atoms with E-state index in [4.69, 9.17) is 4.74 Å². The SMILES string of the molecule is c1ccc(-c2cc(Oc3ccc4cccnc4c3)ncn2)cc1. The molecule has 0 radical (unpaired) electrons. The predicted octanol–water partition coefficient (Wildman–Crippen LogP) is 4.48. The van der Waals surface area contributed by atoms with Crippen LogP contribution in [-0.4, -0.2) is 15.0 Å². The first-order valence-electron chi connectivity index (χ1n) is 7.29. The van der Waals surface area contributed by atoms with Gasteiger partial charge in [0.15, 0.2) is 0 Å². The minimum absolute atomic E-state index is 0.508. The van der Waals surface area contributed by atoms with E-state index in [0.717, 1.165) is 22.2 Å². The van der Waals surface area contributed by atoms with Gasteiger partial charge in [-0.1, -0.05) is 36.4 Å². The number of pyridine rings is 1. The Labute approximate surface area is 133 Å². The topological polar surface area (TPSA) is 47.9 Å². The van der Waals surface area contributed by atoms with Gasteiger partial charge in [-0.15, -0.1) is 0 Å². The van der Waals surface area contributed by atoms with Gasteiger partial charge in [-0.25, -0.2) is 9.97 Å². The van der Waals surface area contributed by atoms with Crippen LogP contribution >= 0.6 is 0 Å². The summed E-state index contributed by atoms with van der Waals surface area (Å²) in [5, 5.41) is 1.08. The molecule has 0 unspecified atom stereocenters. The average Bonchev–Trinajstić information content (AvgIpc) is 2.63. The van der Waals surface area contributed by atoms with E-state index >= 15 is 0 Å². The number of hydrogen-bond donors (Lipinski definition) is 0. The molecule has 0 fully saturated rings. The van der Waals surface area contributed by atoms with Gasteiger partial charge in [0.25, 0.3) is 0 Å². The molecule has 4 aromatic rings. The highest BCUT2D eigenvalue weighted by Crippen LogP contribution is 2.25. The van der Waals surface area contributed by atoms with Crippen molar-refractivity contribution >= 4 is 10.9 Å². The largest absolute Gasteiger partial charge is 0.439 e. The lowest BCUT2D eigenvalue weighted by Crippen LogP contribution is -1.91. The van der Waals surface area contributed by atoms with Crippen LogP contribution in [0.25, 0.3) is 22.2 Å². The first-order chi connectivity index (χ1) is 11.4. The molecule has 0 N–H and O–H groups in total. The quantitative estimate of drug-likeness (QED) is 0.559. The molecule has 0 saturated heterocycles. The summed E-state index contributed by atoms with van der Waals surface area (Å²) < 4.78 is 5.86. The Morgan fingerprint density at radius 3 is 2.57 bits per heavy atom. The van der Waals surface area contributed by atoms with Gasteiger partial charge >= 0.3 is 0 Å². The highest BCUT2D eigenvalue weighted by Gasteiger charge is 2.04. The van der Waals surface area contributed by atoms with Gasteiger partial charge in [0.2, 0.25) is 5.88 Å². The van der Waals surface area contributed by atoms with Gasteiger partial charge in [0, 0.05) is 29.3 Å². The van der Waals surface area contributed by atoms with Crippen molar-refractivity contribution in [3.05, 3.63) is 79.3 Å². The van der Waals surface area contributed by atoms with Crippen LogP contribution in [0.15, 0.2) is 79.3 Å². The Morgan fingerprint density at radius 2 is 1.65 bits per heavy atom. The monoisotopic (exact) mass is 299 g/mol. The number of hydrogen-bond acceptors (Lipinski definition) is 4. The molecule has 2 heterocycles. The van der Waals surface area contributed by atoms with Crippen molar-refractivity contribution in [2.75, 3.05) is 0 Å². The van der Waals surface area contributed by atoms with Crippen molar-refractivity contribution in [2.45, 2.75) is 0 Å². The first-order valence-corrected chi connectivity index (χ1v) is 7.29. The van der Waals surface area contributed by atoms with Crippen molar-refractivity contribution in [3.63, 3.8) is 0 Å². The van der Waals surface area contributed by atoms with Crippen molar-refractivity contribution in [1.29, 1.82) is 0 Å². The van der Waals surface area contributed by atoms with Gasteiger partial charge in [0.05, 0.1) is 11.2 Å². The fraction of sp³-hybridized carbons (Fsp3) is 0. The highest BCUT2D eigenvalue weighted by atomic mass is 16.5. The number of benzene rings is 2. The molecule has 0 aliphatic carbocycles. The fourth-order valence-electron chi connectivity index (χ4n) is 2.39. The number of rotatable bonds is 3. The summed E-state index contributed by atoms with van der Waals surface area (Å²) in [5.41, 5.74) is 2.75. The van der Waals surface area contributed by atoms with Crippen molar-refractivity contribution in [2.24, 2.45) is 0 Å². The van der Waals surface area contributed by atoms with Gasteiger partial charge in [-0.3, -0.25) is 4.98 Å². The molecule has 0 bridgehead atoms. The molecule has 23 heavy (non-hydrogen) atoms. The van der Waals surface area contributed by atoms with E-state index < -0.39 is 0 Å². The van der Waals surface area contributed by atoms with Gasteiger partial charge in [-0.2, -0.15) is 0 Å². The molecule has 0 saturated carbocycles. The van der Waals surface area contributed by atoms with Crippen molar-refractivity contribution in [3.8, 4) is 22.9 Å². The summed E-state index contributed by atoms with van der Waals surface area (Å²) in [6, 6.07) is 21.5. The molecule has 0 spiro atoms. The van der Waals surface area contributed by atoms with E-state index in [-0.39, 0.29) is 0 Å². The summed E-state index contributed by atoms with van der Waals surface area (Å²) >= 11 is 0. The number of ether oxygens (including phenoxy) is 1. The van der Waals surface area contributed by atoms with Crippen LogP contribution in [0.5, 0.6) is 11.6 Å². The second kappa shape index (κ2) is 5.85. The van der Waals surface area contributed by atoms with Crippen LogP contribution in [0, 0.1) is 0 Å². The molecule has 0 aliphatic rings. The summed E-state index contributed by atoms with van der Waals surface area (Å²) in [6.07, 6.45) is 3.28. The van der Waals surface area contributed by atoms with E-state index in [9.17, 15) is 0 Å². The smallest absolute Gasteiger partial charge is 0.222 e. The Hall–Kier alpha value is -3.27. The van der Waals surface area contributed by atoms with Crippen LogP contribution in [0.4, 0.5) is 0 Å². The molecular formula is C19H13N3O. The second-order valence-electron chi connectivity index (χ2n) is 5.07. The molecule has 0 amide bonds. The summed E-state index contributed by atoms with van der Waals surface area (Å²) in [7, 11) is 0. The average molecular weight is 299 g/mol. The maximum atomic E-state index is 5.86. The molecule has 4 heteroatoms. The lowest BCUT2D eigenvalue weighted by atomic mass is 10.1. The molecule has 0 atom stereocenters. The summed E-state index contributed by atoms with van der Waals surface area (Å²) in [5.74, 6) is 1.21. The predicted molar refractivity (Wildman–Crippen MR) is 89.3 cm³/mol. The minimum atomic E-state index is 0.508. The Morgan fingerprint density at radius 1 is 0.739 bits per heavy atom. The molecule has 110 valence electrons. The molecule has 0 aliphatic heterocycles. The zero-order chi connectivity index (χ0) is 15.5. The maximum Gasteiger partial charge on any atom is 0.222 e. The standard InChI is InChI=1S/C19H13N3O/c1-2-5-14(6-3-1)18-12-19(22-13-21-18)23-16-9-8-15-7-4-10-20-17(15)11-16/h1-13H. The number of fused-ring (bicyclic) bond motifs is 1. The van der Waals surface area contributed by atoms with E-state index in [1.165, 1.54) is 6.33 Å². The Bertz CT molecular complexity index is 955. The van der Waals surface area contributed by atoms with E-state index in [1.807, 2.05) is 66.7 Å². The van der Waals surface area contributed by atoms with Crippen LogP contribution < -0.4 is 4.74 Å². The van der Waals surface area contributed by atoms with Gasteiger partial charge in [0.1, 0.15) is 12.1 Å². The molecular weight excluding hydrogens is 286 g/mol. The molecule has 4 rings (SSSR count). The Kier molecular flexibility index (Phi) is 3.41. The van der Waals surface area contributed by atoms with Crippen LogP contribution in [-0.2, 0) is 0 Å². The first kappa shape index (κ1) is 13.4. The normalized spacial score (nSPS) is 10.6. The zero-order valence-corrected chi connectivity index (χ0v) is 12.3. The van der Waals surface area contributed by atoms with Crippen molar-refractivity contribution < 1.29 is 4.74 Å². The van der Waals surface area contributed by atoms with Gasteiger partial charge in [-0.05, 0) is 18.2 Å². The maximum absolute atomic E-state index is 5.86. The molecule has 2 aromatic heterocycles. The summed E-state index contributed by atoms with van der Waals surface area (Å²) in [4.78, 5) is 12.8. The molecule has 4 nitrogen and oxygen atoms in total. The summed E-state index contributed by atoms with van der Waals surface area (Å²) in [6.45, 7) is 0. The van der Waals surface area contributed by atoms with Gasteiger partial charge < -0.3 is 4.74 Å². The van der Waals surface area contributed by atoms with E-state index in [1.54, 1.807) is 6.20 Å². The fourth-order valence-corrected chi connectivity index (χ4v) is 2.39. The Balaban J connectivity index is 1.65.